The average molecular weight is 336 g/mol. The molecule has 1 amide bonds. The van der Waals surface area contributed by atoms with E-state index in [1.165, 1.54) is 18.3 Å². The van der Waals surface area contributed by atoms with E-state index in [1.54, 1.807) is 12.1 Å². The molecule has 0 aliphatic heterocycles. The zero-order valence-electron chi connectivity index (χ0n) is 13.6. The van der Waals surface area contributed by atoms with Crippen LogP contribution in [0.15, 0.2) is 60.8 Å². The fraction of sp³-hybridized carbons (Fsp3) is 0.105. The predicted octanol–water partition coefficient (Wildman–Crippen LogP) is 3.36. The van der Waals surface area contributed by atoms with Crippen molar-refractivity contribution in [3.05, 3.63) is 77.7 Å². The van der Waals surface area contributed by atoms with Gasteiger partial charge in [-0.1, -0.05) is 42.5 Å². The van der Waals surface area contributed by atoms with Crippen LogP contribution in [0.4, 0.5) is 10.2 Å². The molecular weight excluding hydrogens is 319 g/mol. The maximum absolute atomic E-state index is 13.3. The van der Waals surface area contributed by atoms with E-state index in [2.05, 4.69) is 15.3 Å². The van der Waals surface area contributed by atoms with Crippen molar-refractivity contribution in [2.24, 2.45) is 0 Å². The van der Waals surface area contributed by atoms with Crippen LogP contribution in [0, 0.1) is 5.82 Å². The van der Waals surface area contributed by atoms with Gasteiger partial charge in [0.2, 0.25) is 0 Å². The monoisotopic (exact) mass is 336 g/mol. The van der Waals surface area contributed by atoms with Gasteiger partial charge in [-0.25, -0.2) is 14.4 Å². The van der Waals surface area contributed by atoms with Crippen molar-refractivity contribution in [2.45, 2.75) is 13.0 Å². The predicted molar refractivity (Wildman–Crippen MR) is 94.2 cm³/mol. The topological polar surface area (TPSA) is 80.9 Å². The number of aromatic nitrogens is 2. The van der Waals surface area contributed by atoms with Crippen LogP contribution in [-0.2, 0) is 0 Å². The molecular formula is C19H17FN4O. The van der Waals surface area contributed by atoms with E-state index < -0.39 is 5.82 Å². The van der Waals surface area contributed by atoms with Crippen LogP contribution in [-0.4, -0.2) is 15.9 Å². The summed E-state index contributed by atoms with van der Waals surface area (Å²) in [7, 11) is 0. The summed E-state index contributed by atoms with van der Waals surface area (Å²) in [6.07, 6.45) is 1.36. The Hall–Kier alpha value is -3.28. The summed E-state index contributed by atoms with van der Waals surface area (Å²) >= 11 is 0. The third-order valence-electron chi connectivity index (χ3n) is 3.79. The molecule has 0 unspecified atom stereocenters. The van der Waals surface area contributed by atoms with Crippen LogP contribution in [0.1, 0.15) is 28.9 Å². The van der Waals surface area contributed by atoms with Crippen molar-refractivity contribution in [2.75, 3.05) is 5.73 Å². The smallest absolute Gasteiger partial charge is 0.257 e. The second-order valence-electron chi connectivity index (χ2n) is 5.61. The number of halogens is 1. The molecule has 6 heteroatoms. The number of nitrogens with one attached hydrogen (secondary N) is 1. The number of hydrogen-bond donors (Lipinski definition) is 2. The average Bonchev–Trinajstić information content (AvgIpc) is 2.62. The molecule has 1 aromatic heterocycles. The maximum Gasteiger partial charge on any atom is 0.257 e. The minimum absolute atomic E-state index is 0.0482. The molecule has 0 bridgehead atoms. The molecule has 2 aromatic carbocycles. The normalized spacial score (nSPS) is 11.8. The van der Waals surface area contributed by atoms with Gasteiger partial charge in [0.25, 0.3) is 5.91 Å². The fourth-order valence-electron chi connectivity index (χ4n) is 2.44. The van der Waals surface area contributed by atoms with Crippen molar-refractivity contribution in [3.8, 4) is 11.4 Å². The first-order valence-electron chi connectivity index (χ1n) is 7.79. The quantitative estimate of drug-likeness (QED) is 0.765. The van der Waals surface area contributed by atoms with E-state index >= 15 is 0 Å². The van der Waals surface area contributed by atoms with Crippen molar-refractivity contribution >= 4 is 11.7 Å². The summed E-state index contributed by atoms with van der Waals surface area (Å²) < 4.78 is 13.3. The molecule has 25 heavy (non-hydrogen) atoms. The molecule has 3 aromatic rings. The third kappa shape index (κ3) is 3.80. The van der Waals surface area contributed by atoms with E-state index in [0.717, 1.165) is 5.56 Å². The van der Waals surface area contributed by atoms with Crippen molar-refractivity contribution < 1.29 is 9.18 Å². The van der Waals surface area contributed by atoms with Crippen LogP contribution in [0.5, 0.6) is 0 Å². The number of amides is 1. The molecule has 0 spiro atoms. The number of nitrogens with two attached hydrogens (primary N) is 1. The molecule has 3 rings (SSSR count). The van der Waals surface area contributed by atoms with Crippen LogP contribution in [0.25, 0.3) is 11.4 Å². The molecule has 0 saturated heterocycles. The highest BCUT2D eigenvalue weighted by Crippen LogP contribution is 2.19. The van der Waals surface area contributed by atoms with Gasteiger partial charge < -0.3 is 11.1 Å². The number of nitrogens with zero attached hydrogens (tertiary/aromatic N) is 2. The minimum Gasteiger partial charge on any atom is -0.383 e. The van der Waals surface area contributed by atoms with Crippen molar-refractivity contribution in [3.63, 3.8) is 0 Å². The van der Waals surface area contributed by atoms with E-state index in [1.807, 2.05) is 37.3 Å². The highest BCUT2D eigenvalue weighted by atomic mass is 19.1. The Morgan fingerprint density at radius 3 is 2.60 bits per heavy atom. The zero-order chi connectivity index (χ0) is 17.8. The summed E-state index contributed by atoms with van der Waals surface area (Å²) in [5.74, 6) is -0.436. The highest BCUT2D eigenvalue weighted by Gasteiger charge is 2.16. The van der Waals surface area contributed by atoms with Gasteiger partial charge in [0, 0.05) is 11.8 Å². The number of rotatable bonds is 4. The van der Waals surface area contributed by atoms with Gasteiger partial charge in [-0.15, -0.1) is 0 Å². The summed E-state index contributed by atoms with van der Waals surface area (Å²) in [4.78, 5) is 20.7. The van der Waals surface area contributed by atoms with Crippen molar-refractivity contribution in [1.29, 1.82) is 0 Å². The Morgan fingerprint density at radius 2 is 1.92 bits per heavy atom. The van der Waals surface area contributed by atoms with Gasteiger partial charge in [-0.05, 0) is 24.6 Å². The van der Waals surface area contributed by atoms with Crippen LogP contribution >= 0.6 is 0 Å². The lowest BCUT2D eigenvalue weighted by atomic mass is 10.1. The minimum atomic E-state index is -0.391. The van der Waals surface area contributed by atoms with Gasteiger partial charge in [-0.3, -0.25) is 4.79 Å². The molecule has 126 valence electrons. The Balaban J connectivity index is 1.80. The molecule has 0 fully saturated rings. The zero-order valence-corrected chi connectivity index (χ0v) is 13.6. The first-order chi connectivity index (χ1) is 12.0. The number of nitrogen functional groups attached to an aromatic ring is 1. The Morgan fingerprint density at radius 1 is 1.16 bits per heavy atom. The lowest BCUT2D eigenvalue weighted by Crippen LogP contribution is -2.27. The first kappa shape index (κ1) is 16.6. The van der Waals surface area contributed by atoms with Gasteiger partial charge in [0.15, 0.2) is 5.82 Å². The molecule has 5 nitrogen and oxygen atoms in total. The number of hydrogen-bond acceptors (Lipinski definition) is 4. The molecule has 0 aliphatic rings. The highest BCUT2D eigenvalue weighted by molar-refractivity contribution is 5.98. The maximum atomic E-state index is 13.3. The van der Waals surface area contributed by atoms with Crippen LogP contribution in [0.2, 0.25) is 0 Å². The number of anilines is 1. The standard InChI is InChI=1S/C19H17FN4O/c1-12(13-6-3-2-4-7-13)23-19(25)16-11-22-18(24-17(16)21)14-8-5-9-15(20)10-14/h2-12H,1H3,(H,23,25)(H2,21,22,24)/t12-/m1/s1. The molecule has 0 radical (unpaired) electrons. The van der Waals surface area contributed by atoms with E-state index in [0.29, 0.717) is 5.56 Å². The van der Waals surface area contributed by atoms with Crippen molar-refractivity contribution in [1.82, 2.24) is 15.3 Å². The second kappa shape index (κ2) is 7.09. The molecule has 1 heterocycles. The van der Waals surface area contributed by atoms with Gasteiger partial charge in [-0.2, -0.15) is 0 Å². The summed E-state index contributed by atoms with van der Waals surface area (Å²) in [5.41, 5.74) is 7.56. The Bertz CT molecular complexity index is 899. The third-order valence-corrected chi connectivity index (χ3v) is 3.79. The fourth-order valence-corrected chi connectivity index (χ4v) is 2.44. The SMILES string of the molecule is C[C@@H](NC(=O)c1cnc(-c2cccc(F)c2)nc1N)c1ccccc1. The number of carbonyl (C=O) groups is 1. The molecule has 3 N–H and O–H groups in total. The largest absolute Gasteiger partial charge is 0.383 e. The van der Waals surface area contributed by atoms with Crippen LogP contribution < -0.4 is 11.1 Å². The van der Waals surface area contributed by atoms with Gasteiger partial charge >= 0.3 is 0 Å². The lowest BCUT2D eigenvalue weighted by Gasteiger charge is -2.15. The Kier molecular flexibility index (Phi) is 4.70. The van der Waals surface area contributed by atoms with Crippen LogP contribution in [0.3, 0.4) is 0 Å². The van der Waals surface area contributed by atoms with E-state index in [4.69, 9.17) is 5.73 Å². The van der Waals surface area contributed by atoms with E-state index in [-0.39, 0.29) is 29.2 Å². The van der Waals surface area contributed by atoms with E-state index in [9.17, 15) is 9.18 Å². The summed E-state index contributed by atoms with van der Waals surface area (Å²) in [5, 5.41) is 2.86. The molecule has 1 atom stereocenters. The lowest BCUT2D eigenvalue weighted by molar-refractivity contribution is 0.0940. The summed E-state index contributed by atoms with van der Waals surface area (Å²) in [6.45, 7) is 1.88. The van der Waals surface area contributed by atoms with Gasteiger partial charge in [0.1, 0.15) is 11.6 Å². The Labute approximate surface area is 144 Å². The molecule has 0 saturated carbocycles. The number of carbonyl (C=O) groups excluding carboxylic acids is 1. The first-order valence-corrected chi connectivity index (χ1v) is 7.79. The number of benzene rings is 2. The van der Waals surface area contributed by atoms with Gasteiger partial charge in [0.05, 0.1) is 11.6 Å². The summed E-state index contributed by atoms with van der Waals surface area (Å²) in [6, 6.07) is 15.3. The molecule has 0 aliphatic carbocycles. The second-order valence-corrected chi connectivity index (χ2v) is 5.61.